The molecule has 0 amide bonds. The van der Waals surface area contributed by atoms with Crippen LogP contribution in [0.15, 0.2) is 67.3 Å². The summed E-state index contributed by atoms with van der Waals surface area (Å²) in [6.07, 6.45) is 6.48. The number of anilines is 4. The summed E-state index contributed by atoms with van der Waals surface area (Å²) >= 11 is 0. The second kappa shape index (κ2) is 9.12. The first-order valence-electron chi connectivity index (χ1n) is 9.70. The molecule has 9 heteroatoms. The maximum atomic E-state index is 13.5. The monoisotopic (exact) mass is 416 g/mol. The molecule has 0 saturated carbocycles. The summed E-state index contributed by atoms with van der Waals surface area (Å²) in [6.45, 7) is 2.45. The summed E-state index contributed by atoms with van der Waals surface area (Å²) in [7, 11) is 0. The van der Waals surface area contributed by atoms with Crippen LogP contribution in [0.25, 0.3) is 0 Å². The van der Waals surface area contributed by atoms with Crippen LogP contribution in [0.1, 0.15) is 29.7 Å². The smallest absolute Gasteiger partial charge is 0.223 e. The maximum Gasteiger partial charge on any atom is 0.223 e. The van der Waals surface area contributed by atoms with Crippen molar-refractivity contribution < 1.29 is 4.39 Å². The lowest BCUT2D eigenvalue weighted by molar-refractivity contribution is 0.626. The highest BCUT2D eigenvalue weighted by Gasteiger charge is 2.22. The number of nitrogens with two attached hydrogens (primary N) is 1. The van der Waals surface area contributed by atoms with Crippen LogP contribution in [0, 0.1) is 5.82 Å². The van der Waals surface area contributed by atoms with Gasteiger partial charge in [-0.2, -0.15) is 9.97 Å². The average molecular weight is 416 g/mol. The van der Waals surface area contributed by atoms with Crippen molar-refractivity contribution in [1.82, 2.24) is 24.9 Å². The van der Waals surface area contributed by atoms with Crippen LogP contribution in [-0.2, 0) is 6.54 Å². The quantitative estimate of drug-likeness (QED) is 0.416. The Hall–Kier alpha value is -4.14. The molecule has 1 unspecified atom stereocenters. The van der Waals surface area contributed by atoms with Crippen molar-refractivity contribution in [3.63, 3.8) is 0 Å². The van der Waals surface area contributed by atoms with E-state index in [1.807, 2.05) is 25.1 Å². The van der Waals surface area contributed by atoms with Crippen LogP contribution >= 0.6 is 0 Å². The van der Waals surface area contributed by atoms with Crippen LogP contribution in [-0.4, -0.2) is 24.9 Å². The van der Waals surface area contributed by atoms with Crippen molar-refractivity contribution >= 4 is 23.4 Å². The van der Waals surface area contributed by atoms with E-state index in [-0.39, 0.29) is 17.7 Å². The van der Waals surface area contributed by atoms with Gasteiger partial charge in [0, 0.05) is 30.1 Å². The molecule has 4 aromatic rings. The molecule has 0 aliphatic rings. The van der Waals surface area contributed by atoms with Gasteiger partial charge < -0.3 is 16.4 Å². The number of nitrogen functional groups attached to an aromatic ring is 1. The molecule has 3 heterocycles. The Morgan fingerprint density at radius 1 is 0.968 bits per heavy atom. The minimum atomic E-state index is -0.295. The molecular formula is C22H21FN8. The topological polar surface area (TPSA) is 115 Å². The standard InChI is InChI=1S/C22H21FN8/c1-14(15-5-7-16(23)8-6-15)19-20(28-12-17-4-2-3-9-26-17)30-22(24)31-21(19)29-18-13-25-10-11-27-18/h2-11,13-14H,12H2,1H3,(H4,24,27,28,29,30,31). The number of benzene rings is 1. The van der Waals surface area contributed by atoms with E-state index in [9.17, 15) is 4.39 Å². The number of nitrogens with zero attached hydrogens (tertiary/aromatic N) is 5. The largest absolute Gasteiger partial charge is 0.368 e. The van der Waals surface area contributed by atoms with Crippen LogP contribution in [0.3, 0.4) is 0 Å². The number of rotatable bonds is 7. The van der Waals surface area contributed by atoms with Crippen molar-refractivity contribution in [3.8, 4) is 0 Å². The van der Waals surface area contributed by atoms with Gasteiger partial charge in [0.2, 0.25) is 5.95 Å². The van der Waals surface area contributed by atoms with Crippen molar-refractivity contribution in [1.29, 1.82) is 0 Å². The fraction of sp³-hybridized carbons (Fsp3) is 0.136. The number of pyridine rings is 1. The molecule has 156 valence electrons. The number of halogens is 1. The first-order chi connectivity index (χ1) is 15.1. The summed E-state index contributed by atoms with van der Waals surface area (Å²) in [5.74, 6) is 1.20. The van der Waals surface area contributed by atoms with Gasteiger partial charge in [0.25, 0.3) is 0 Å². The summed E-state index contributed by atoms with van der Waals surface area (Å²) in [6, 6.07) is 12.0. The SMILES string of the molecule is CC(c1ccc(F)cc1)c1c(NCc2ccccn2)nc(N)nc1Nc1cnccn1. The third-order valence-electron chi connectivity index (χ3n) is 4.74. The zero-order valence-electron chi connectivity index (χ0n) is 16.8. The average Bonchev–Trinajstić information content (AvgIpc) is 2.79. The van der Waals surface area contributed by atoms with Crippen LogP contribution in [0.2, 0.25) is 0 Å². The fourth-order valence-electron chi connectivity index (χ4n) is 3.21. The second-order valence-electron chi connectivity index (χ2n) is 6.86. The van der Waals surface area contributed by atoms with Gasteiger partial charge in [-0.25, -0.2) is 9.37 Å². The zero-order valence-corrected chi connectivity index (χ0v) is 16.8. The number of nitrogens with one attached hydrogen (secondary N) is 2. The molecule has 1 aromatic carbocycles. The van der Waals surface area contributed by atoms with E-state index in [1.54, 1.807) is 36.9 Å². The first kappa shape index (κ1) is 20.1. The molecular weight excluding hydrogens is 395 g/mol. The van der Waals surface area contributed by atoms with Crippen molar-refractivity contribution in [2.45, 2.75) is 19.4 Å². The Bertz CT molecular complexity index is 1140. The van der Waals surface area contributed by atoms with E-state index in [1.165, 1.54) is 12.1 Å². The number of hydrogen-bond donors (Lipinski definition) is 3. The minimum absolute atomic E-state index is 0.102. The Morgan fingerprint density at radius 3 is 2.48 bits per heavy atom. The van der Waals surface area contributed by atoms with Crippen LogP contribution < -0.4 is 16.4 Å². The minimum Gasteiger partial charge on any atom is -0.368 e. The van der Waals surface area contributed by atoms with E-state index in [4.69, 9.17) is 5.73 Å². The molecule has 0 saturated heterocycles. The van der Waals surface area contributed by atoms with Crippen molar-refractivity contribution in [2.75, 3.05) is 16.4 Å². The number of aromatic nitrogens is 5. The highest BCUT2D eigenvalue weighted by atomic mass is 19.1. The van der Waals surface area contributed by atoms with Gasteiger partial charge in [-0.15, -0.1) is 0 Å². The summed E-state index contributed by atoms with van der Waals surface area (Å²) in [5, 5.41) is 6.49. The van der Waals surface area contributed by atoms with Gasteiger partial charge in [-0.3, -0.25) is 9.97 Å². The molecule has 8 nitrogen and oxygen atoms in total. The van der Waals surface area contributed by atoms with Crippen molar-refractivity contribution in [2.24, 2.45) is 0 Å². The van der Waals surface area contributed by atoms with E-state index >= 15 is 0 Å². The van der Waals surface area contributed by atoms with Gasteiger partial charge in [0.15, 0.2) is 0 Å². The fourth-order valence-corrected chi connectivity index (χ4v) is 3.21. The molecule has 31 heavy (non-hydrogen) atoms. The van der Waals surface area contributed by atoms with E-state index in [2.05, 4.69) is 35.6 Å². The first-order valence-corrected chi connectivity index (χ1v) is 9.70. The van der Waals surface area contributed by atoms with Crippen LogP contribution in [0.5, 0.6) is 0 Å². The second-order valence-corrected chi connectivity index (χ2v) is 6.86. The lowest BCUT2D eigenvalue weighted by atomic mass is 9.93. The zero-order chi connectivity index (χ0) is 21.6. The Balaban J connectivity index is 1.75. The molecule has 3 aromatic heterocycles. The normalized spacial score (nSPS) is 11.7. The van der Waals surface area contributed by atoms with E-state index in [0.717, 1.165) is 16.8 Å². The highest BCUT2D eigenvalue weighted by molar-refractivity contribution is 5.67. The Labute approximate surface area is 178 Å². The summed E-state index contributed by atoms with van der Waals surface area (Å²) < 4.78 is 13.5. The molecule has 4 rings (SSSR count). The Kier molecular flexibility index (Phi) is 5.93. The summed E-state index contributed by atoms with van der Waals surface area (Å²) in [4.78, 5) is 21.5. The van der Waals surface area contributed by atoms with Gasteiger partial charge in [-0.05, 0) is 29.8 Å². The highest BCUT2D eigenvalue weighted by Crippen LogP contribution is 2.35. The predicted octanol–water partition coefficient (Wildman–Crippen LogP) is 3.89. The van der Waals surface area contributed by atoms with Gasteiger partial charge in [-0.1, -0.05) is 25.1 Å². The van der Waals surface area contributed by atoms with Crippen LogP contribution in [0.4, 0.5) is 27.8 Å². The van der Waals surface area contributed by atoms with Gasteiger partial charge in [0.1, 0.15) is 23.3 Å². The third-order valence-corrected chi connectivity index (χ3v) is 4.74. The lowest BCUT2D eigenvalue weighted by Crippen LogP contribution is -2.14. The van der Waals surface area contributed by atoms with Gasteiger partial charge in [0.05, 0.1) is 18.4 Å². The predicted molar refractivity (Wildman–Crippen MR) is 117 cm³/mol. The number of hydrogen-bond acceptors (Lipinski definition) is 8. The molecule has 0 aliphatic heterocycles. The van der Waals surface area contributed by atoms with Gasteiger partial charge >= 0.3 is 0 Å². The molecule has 0 fully saturated rings. The lowest BCUT2D eigenvalue weighted by Gasteiger charge is -2.21. The maximum absolute atomic E-state index is 13.5. The van der Waals surface area contributed by atoms with E-state index < -0.39 is 0 Å². The molecule has 1 atom stereocenters. The molecule has 0 aliphatic carbocycles. The molecule has 4 N–H and O–H groups in total. The summed E-state index contributed by atoms with van der Waals surface area (Å²) in [5.41, 5.74) is 8.52. The van der Waals surface area contributed by atoms with Crippen molar-refractivity contribution in [3.05, 3.63) is 89.9 Å². The molecule has 0 radical (unpaired) electrons. The van der Waals surface area contributed by atoms with E-state index in [0.29, 0.717) is 24.0 Å². The third kappa shape index (κ3) is 4.89. The molecule has 0 spiro atoms. The molecule has 0 bridgehead atoms. The Morgan fingerprint density at radius 2 is 1.77 bits per heavy atom.